The topological polar surface area (TPSA) is 38.7 Å². The van der Waals surface area contributed by atoms with E-state index >= 15 is 0 Å². The summed E-state index contributed by atoms with van der Waals surface area (Å²) in [6.45, 7) is 6.35. The van der Waals surface area contributed by atoms with Crippen LogP contribution in [0.2, 0.25) is 0 Å². The van der Waals surface area contributed by atoms with E-state index < -0.39 is 6.10 Å². The molecule has 3 heteroatoms. The fourth-order valence-electron chi connectivity index (χ4n) is 1.51. The van der Waals surface area contributed by atoms with Crippen molar-refractivity contribution in [1.82, 2.24) is 0 Å². The number of rotatable bonds is 4. The van der Waals surface area contributed by atoms with E-state index in [-0.39, 0.29) is 12.2 Å². The lowest BCUT2D eigenvalue weighted by atomic mass is 10.1. The van der Waals surface area contributed by atoms with Gasteiger partial charge >= 0.3 is 0 Å². The Morgan fingerprint density at radius 3 is 2.62 bits per heavy atom. The molecule has 3 atom stereocenters. The molecule has 78 valence electrons. The maximum absolute atomic E-state index is 9.67. The van der Waals surface area contributed by atoms with Crippen LogP contribution < -0.4 is 0 Å². The summed E-state index contributed by atoms with van der Waals surface area (Å²) < 4.78 is 10.8. The molecule has 1 fully saturated rings. The summed E-state index contributed by atoms with van der Waals surface area (Å²) in [4.78, 5) is 0. The largest absolute Gasteiger partial charge is 0.388 e. The van der Waals surface area contributed by atoms with Gasteiger partial charge in [-0.2, -0.15) is 0 Å². The van der Waals surface area contributed by atoms with Gasteiger partial charge < -0.3 is 14.6 Å². The minimum absolute atomic E-state index is 0.0197. The van der Waals surface area contributed by atoms with Crippen LogP contribution in [-0.4, -0.2) is 36.1 Å². The van der Waals surface area contributed by atoms with E-state index in [2.05, 4.69) is 0 Å². The molecule has 13 heavy (non-hydrogen) atoms. The second-order valence-electron chi connectivity index (χ2n) is 4.01. The van der Waals surface area contributed by atoms with Crippen LogP contribution in [0.15, 0.2) is 0 Å². The average Bonchev–Trinajstić information content (AvgIpc) is 2.47. The Hall–Kier alpha value is -0.120. The molecule has 1 N–H and O–H groups in total. The van der Waals surface area contributed by atoms with Gasteiger partial charge in [0.1, 0.15) is 6.10 Å². The smallest absolute Gasteiger partial charge is 0.103 e. The first-order chi connectivity index (χ1) is 6.09. The monoisotopic (exact) mass is 188 g/mol. The van der Waals surface area contributed by atoms with Gasteiger partial charge in [-0.3, -0.25) is 0 Å². The van der Waals surface area contributed by atoms with Crippen LogP contribution in [0, 0.1) is 0 Å². The lowest BCUT2D eigenvalue weighted by molar-refractivity contribution is -0.0743. The van der Waals surface area contributed by atoms with Gasteiger partial charge in [0.2, 0.25) is 0 Å². The highest BCUT2D eigenvalue weighted by molar-refractivity contribution is 4.77. The molecule has 0 aromatic carbocycles. The van der Waals surface area contributed by atoms with Crippen LogP contribution in [0.4, 0.5) is 0 Å². The van der Waals surface area contributed by atoms with Gasteiger partial charge in [-0.25, -0.2) is 0 Å². The Kier molecular flexibility index (Phi) is 4.16. The van der Waals surface area contributed by atoms with Gasteiger partial charge in [-0.15, -0.1) is 0 Å². The van der Waals surface area contributed by atoms with E-state index in [9.17, 15) is 5.11 Å². The van der Waals surface area contributed by atoms with E-state index in [0.29, 0.717) is 12.7 Å². The predicted octanol–water partition coefficient (Wildman–Crippen LogP) is 1.34. The Morgan fingerprint density at radius 2 is 2.15 bits per heavy atom. The fraction of sp³-hybridized carbons (Fsp3) is 1.00. The predicted molar refractivity (Wildman–Crippen MR) is 50.7 cm³/mol. The molecule has 3 nitrogen and oxygen atoms in total. The van der Waals surface area contributed by atoms with Gasteiger partial charge in [-0.1, -0.05) is 0 Å². The zero-order valence-electron chi connectivity index (χ0n) is 8.69. The molecule has 1 aliphatic rings. The second-order valence-corrected chi connectivity index (χ2v) is 4.01. The maximum Gasteiger partial charge on any atom is 0.103 e. The molecule has 0 aromatic rings. The lowest BCUT2D eigenvalue weighted by Gasteiger charge is -2.19. The molecular formula is C10H20O3. The molecule has 0 bridgehead atoms. The van der Waals surface area contributed by atoms with Crippen LogP contribution in [0.5, 0.6) is 0 Å². The lowest BCUT2D eigenvalue weighted by Crippen LogP contribution is -2.31. The molecule has 3 unspecified atom stereocenters. The van der Waals surface area contributed by atoms with Crippen molar-refractivity contribution >= 4 is 0 Å². The number of hydrogen-bond donors (Lipinski definition) is 1. The van der Waals surface area contributed by atoms with Crippen molar-refractivity contribution in [2.24, 2.45) is 0 Å². The first-order valence-corrected chi connectivity index (χ1v) is 5.04. The summed E-state index contributed by atoms with van der Waals surface area (Å²) in [6, 6.07) is 0. The molecule has 0 amide bonds. The van der Waals surface area contributed by atoms with Crippen molar-refractivity contribution in [3.63, 3.8) is 0 Å². The molecule has 0 spiro atoms. The Morgan fingerprint density at radius 1 is 1.46 bits per heavy atom. The van der Waals surface area contributed by atoms with Crippen molar-refractivity contribution in [2.45, 2.75) is 58.0 Å². The third kappa shape index (κ3) is 3.63. The van der Waals surface area contributed by atoms with E-state index in [1.807, 2.05) is 20.8 Å². The first kappa shape index (κ1) is 11.0. The average molecular weight is 188 g/mol. The zero-order valence-corrected chi connectivity index (χ0v) is 8.69. The molecule has 1 aliphatic heterocycles. The highest BCUT2D eigenvalue weighted by Gasteiger charge is 2.28. The van der Waals surface area contributed by atoms with Crippen LogP contribution >= 0.6 is 0 Å². The van der Waals surface area contributed by atoms with Gasteiger partial charge in [0.15, 0.2) is 0 Å². The summed E-state index contributed by atoms with van der Waals surface area (Å²) in [5, 5.41) is 9.67. The molecule has 1 saturated heterocycles. The summed E-state index contributed by atoms with van der Waals surface area (Å²) in [5.74, 6) is 0. The van der Waals surface area contributed by atoms with Gasteiger partial charge in [0, 0.05) is 0 Å². The minimum Gasteiger partial charge on any atom is -0.388 e. The van der Waals surface area contributed by atoms with E-state index in [1.54, 1.807) is 0 Å². The van der Waals surface area contributed by atoms with Crippen LogP contribution in [0.3, 0.4) is 0 Å². The molecule has 1 heterocycles. The van der Waals surface area contributed by atoms with Crippen LogP contribution in [0.1, 0.15) is 33.6 Å². The summed E-state index contributed by atoms with van der Waals surface area (Å²) in [7, 11) is 0. The van der Waals surface area contributed by atoms with Crippen molar-refractivity contribution in [3.05, 3.63) is 0 Å². The fourth-order valence-corrected chi connectivity index (χ4v) is 1.51. The van der Waals surface area contributed by atoms with Crippen molar-refractivity contribution in [3.8, 4) is 0 Å². The van der Waals surface area contributed by atoms with Crippen LogP contribution in [-0.2, 0) is 9.47 Å². The van der Waals surface area contributed by atoms with Gasteiger partial charge in [-0.05, 0) is 33.6 Å². The summed E-state index contributed by atoms with van der Waals surface area (Å²) in [5.41, 5.74) is 0. The second kappa shape index (κ2) is 4.94. The SMILES string of the molecule is CC(C)OCC(O)C1CCC(C)O1. The summed E-state index contributed by atoms with van der Waals surface area (Å²) in [6.07, 6.45) is 1.97. The molecule has 0 aromatic heterocycles. The standard InChI is InChI=1S/C10H20O3/c1-7(2)12-6-9(11)10-5-4-8(3)13-10/h7-11H,4-6H2,1-3H3. The van der Waals surface area contributed by atoms with Crippen molar-refractivity contribution in [1.29, 1.82) is 0 Å². The third-order valence-corrected chi connectivity index (χ3v) is 2.29. The Balaban J connectivity index is 2.19. The van der Waals surface area contributed by atoms with Gasteiger partial charge in [0.05, 0.1) is 24.9 Å². The quantitative estimate of drug-likeness (QED) is 0.723. The zero-order chi connectivity index (χ0) is 9.84. The molecule has 1 rings (SSSR count). The normalized spacial score (nSPS) is 31.2. The molecule has 0 aliphatic carbocycles. The number of ether oxygens (including phenoxy) is 2. The Labute approximate surface area is 80.0 Å². The molecule has 0 radical (unpaired) electrons. The number of aliphatic hydroxyl groups excluding tert-OH is 1. The highest BCUT2D eigenvalue weighted by Crippen LogP contribution is 2.21. The molecule has 0 saturated carbocycles. The highest BCUT2D eigenvalue weighted by atomic mass is 16.5. The minimum atomic E-state index is -0.465. The van der Waals surface area contributed by atoms with E-state index in [1.165, 1.54) is 0 Å². The third-order valence-electron chi connectivity index (χ3n) is 2.29. The van der Waals surface area contributed by atoms with E-state index in [4.69, 9.17) is 9.47 Å². The van der Waals surface area contributed by atoms with E-state index in [0.717, 1.165) is 12.8 Å². The number of aliphatic hydroxyl groups is 1. The number of hydrogen-bond acceptors (Lipinski definition) is 3. The van der Waals surface area contributed by atoms with Crippen molar-refractivity contribution in [2.75, 3.05) is 6.61 Å². The Bertz CT molecular complexity index is 147. The van der Waals surface area contributed by atoms with Gasteiger partial charge in [0.25, 0.3) is 0 Å². The van der Waals surface area contributed by atoms with Crippen molar-refractivity contribution < 1.29 is 14.6 Å². The summed E-state index contributed by atoms with van der Waals surface area (Å²) >= 11 is 0. The molecular weight excluding hydrogens is 168 g/mol. The first-order valence-electron chi connectivity index (χ1n) is 5.04. The van der Waals surface area contributed by atoms with Crippen LogP contribution in [0.25, 0.3) is 0 Å². The maximum atomic E-state index is 9.67.